The summed E-state index contributed by atoms with van der Waals surface area (Å²) >= 11 is 0. The van der Waals surface area contributed by atoms with Crippen LogP contribution in [0.25, 0.3) is 0 Å². The fourth-order valence-corrected chi connectivity index (χ4v) is 8.21. The van der Waals surface area contributed by atoms with Crippen molar-refractivity contribution in [3.05, 3.63) is 46.8 Å². The Morgan fingerprint density at radius 1 is 0.709 bits per heavy atom. The molecule has 302 valence electrons. The molecule has 2 aromatic heterocycles. The number of esters is 2. The minimum atomic E-state index is -0.512. The molecule has 55 heavy (non-hydrogen) atoms. The summed E-state index contributed by atoms with van der Waals surface area (Å²) < 4.78 is 23.5. The third kappa shape index (κ3) is 11.5. The van der Waals surface area contributed by atoms with Gasteiger partial charge in [-0.15, -0.1) is 0 Å². The second kappa shape index (κ2) is 15.1. The van der Waals surface area contributed by atoms with Crippen LogP contribution in [0.3, 0.4) is 0 Å². The number of pyridine rings is 2. The Bertz CT molecular complexity index is 1790. The summed E-state index contributed by atoms with van der Waals surface area (Å²) in [5.41, 5.74) is 3.30. The minimum absolute atomic E-state index is 0.0220. The Balaban J connectivity index is 0.000000211. The fourth-order valence-electron chi connectivity index (χ4n) is 8.21. The third-order valence-electron chi connectivity index (χ3n) is 9.98. The molecule has 2 aliphatic carbocycles. The summed E-state index contributed by atoms with van der Waals surface area (Å²) in [6, 6.07) is 4.26. The van der Waals surface area contributed by atoms with Crippen molar-refractivity contribution in [2.24, 2.45) is 16.0 Å². The van der Waals surface area contributed by atoms with E-state index in [1.54, 1.807) is 0 Å². The summed E-state index contributed by atoms with van der Waals surface area (Å²) in [6.45, 7) is 24.4. The van der Waals surface area contributed by atoms with E-state index < -0.39 is 22.4 Å². The lowest BCUT2D eigenvalue weighted by Gasteiger charge is -2.47. The van der Waals surface area contributed by atoms with E-state index in [2.05, 4.69) is 68.8 Å². The Hall–Kier alpha value is -4.02. The van der Waals surface area contributed by atoms with Crippen molar-refractivity contribution in [1.82, 2.24) is 9.97 Å². The van der Waals surface area contributed by atoms with Crippen LogP contribution in [0, 0.1) is 10.8 Å². The van der Waals surface area contributed by atoms with Crippen LogP contribution in [-0.4, -0.2) is 61.0 Å². The third-order valence-corrected chi connectivity index (χ3v) is 9.98. The molecule has 4 aliphatic rings. The van der Waals surface area contributed by atoms with Gasteiger partial charge in [0.15, 0.2) is 0 Å². The molecule has 4 heterocycles. The highest BCUT2D eigenvalue weighted by Gasteiger charge is 2.52. The van der Waals surface area contributed by atoms with Crippen molar-refractivity contribution >= 4 is 23.4 Å². The molecule has 0 bridgehead atoms. The van der Waals surface area contributed by atoms with Crippen LogP contribution >= 0.6 is 0 Å². The maximum absolute atomic E-state index is 12.5. The van der Waals surface area contributed by atoms with Gasteiger partial charge in [-0.05, 0) is 101 Å². The lowest BCUT2D eigenvalue weighted by atomic mass is 9.69. The highest BCUT2D eigenvalue weighted by Crippen LogP contribution is 2.51. The summed E-state index contributed by atoms with van der Waals surface area (Å²) in [5.74, 6) is 0.878. The molecular formula is C44H63N3O8. The molecule has 0 unspecified atom stereocenters. The zero-order valence-corrected chi connectivity index (χ0v) is 35.2. The van der Waals surface area contributed by atoms with Gasteiger partial charge < -0.3 is 24.2 Å². The van der Waals surface area contributed by atoms with E-state index in [1.807, 2.05) is 53.9 Å². The number of hydrogen-bond donors (Lipinski definition) is 1. The van der Waals surface area contributed by atoms with Crippen LogP contribution in [0.2, 0.25) is 0 Å². The molecular weight excluding hydrogens is 698 g/mol. The zero-order valence-electron chi connectivity index (χ0n) is 35.2. The van der Waals surface area contributed by atoms with Crippen molar-refractivity contribution in [2.75, 3.05) is 0 Å². The molecule has 2 fully saturated rings. The van der Waals surface area contributed by atoms with Gasteiger partial charge in [0.1, 0.15) is 28.2 Å². The monoisotopic (exact) mass is 761 g/mol. The van der Waals surface area contributed by atoms with Crippen LogP contribution in [0.1, 0.15) is 169 Å². The second-order valence-corrected chi connectivity index (χ2v) is 20.8. The molecule has 2 spiro atoms. The lowest BCUT2D eigenvalue weighted by molar-refractivity contribution is -0.157. The fraction of sp³-hybridized carbons (Fsp3) is 0.682. The smallest absolute Gasteiger partial charge is 0.306 e. The van der Waals surface area contributed by atoms with Crippen LogP contribution < -0.4 is 9.47 Å². The number of oxime groups is 1. The highest BCUT2D eigenvalue weighted by atomic mass is 16.6. The van der Waals surface area contributed by atoms with E-state index in [4.69, 9.17) is 24.2 Å². The summed E-state index contributed by atoms with van der Waals surface area (Å²) in [5, 5.41) is 12.3. The van der Waals surface area contributed by atoms with Crippen LogP contribution in [-0.2, 0) is 36.7 Å². The Morgan fingerprint density at radius 2 is 1.09 bits per heavy atom. The molecule has 11 nitrogen and oxygen atoms in total. The van der Waals surface area contributed by atoms with Crippen molar-refractivity contribution in [3.8, 4) is 11.8 Å². The largest absolute Gasteiger partial charge is 0.470 e. The first-order valence-electron chi connectivity index (χ1n) is 19.7. The molecule has 2 saturated carbocycles. The van der Waals surface area contributed by atoms with Gasteiger partial charge in [-0.1, -0.05) is 46.7 Å². The predicted molar refractivity (Wildman–Crippen MR) is 210 cm³/mol. The number of fused-ring (bicyclic) bond motifs is 2. The molecule has 0 saturated heterocycles. The average molecular weight is 762 g/mol. The quantitative estimate of drug-likeness (QED) is 0.172. The number of Topliss-reactive ketones (excluding diaryl/α,β-unsaturated/α-hetero) is 1. The van der Waals surface area contributed by atoms with Gasteiger partial charge in [0, 0.05) is 61.0 Å². The summed E-state index contributed by atoms with van der Waals surface area (Å²) in [7, 11) is 0. The van der Waals surface area contributed by atoms with Crippen LogP contribution in [0.15, 0.2) is 29.7 Å². The number of ketones is 1. The number of ether oxygens (including phenoxy) is 4. The molecule has 2 aliphatic heterocycles. The Morgan fingerprint density at radius 3 is 1.42 bits per heavy atom. The van der Waals surface area contributed by atoms with Crippen molar-refractivity contribution in [3.63, 3.8) is 0 Å². The molecule has 11 heteroatoms. The van der Waals surface area contributed by atoms with E-state index in [0.29, 0.717) is 56.7 Å². The molecule has 2 aromatic rings. The lowest BCUT2D eigenvalue weighted by Crippen LogP contribution is -2.52. The summed E-state index contributed by atoms with van der Waals surface area (Å²) in [6.07, 6.45) is 9.40. The predicted octanol–water partition coefficient (Wildman–Crippen LogP) is 9.00. The number of hydrogen-bond acceptors (Lipinski definition) is 11. The SMILES string of the molecule is CC(C)(C)Cc1cnc2c(c1)[C@@H](CC(=O)OC(C)(C)C)CC1(CC(=NO)C1)O2.CC(C)(C)Cc1cnc2c(c1)[C@@H](CC(=O)OC(C)(C)C)CC1(CC(=O)C1)O2. The first-order chi connectivity index (χ1) is 25.2. The van der Waals surface area contributed by atoms with Gasteiger partial charge in [0.25, 0.3) is 0 Å². The van der Waals surface area contributed by atoms with E-state index in [9.17, 15) is 14.4 Å². The maximum atomic E-state index is 12.5. The topological polar surface area (TPSA) is 146 Å². The number of rotatable bonds is 6. The number of nitrogens with zero attached hydrogens (tertiary/aromatic N) is 3. The molecule has 0 radical (unpaired) electrons. The number of carbonyl (C=O) groups is 3. The number of carbonyl (C=O) groups excluding carboxylic acids is 3. The van der Waals surface area contributed by atoms with Crippen molar-refractivity contribution < 1.29 is 38.5 Å². The molecule has 1 N–H and O–H groups in total. The van der Waals surface area contributed by atoms with E-state index in [1.165, 1.54) is 0 Å². The number of aromatic nitrogens is 2. The standard InChI is InChI=1S/C22H32N2O4.C22H31NO4/c1-20(2,3)9-14-7-17-15(8-18(25)27-21(4,5)6)10-22(11-16(12-22)24-26)28-19(17)23-13-14;1-20(2,3)9-14-7-17-15(8-18(25)26-21(4,5)6)10-22(11-16(24)12-22)27-19(17)23-13-14/h7,13,15,26H,8-12H2,1-6H3;7,13,15H,8-12H2,1-6H3/t15-,22?;15-/m00/s1. The Labute approximate surface area is 327 Å². The first-order valence-corrected chi connectivity index (χ1v) is 19.7. The molecule has 6 rings (SSSR count). The maximum Gasteiger partial charge on any atom is 0.306 e. The van der Waals surface area contributed by atoms with Gasteiger partial charge in [0.05, 0.1) is 18.6 Å². The minimum Gasteiger partial charge on any atom is -0.470 e. The van der Waals surface area contributed by atoms with Crippen LogP contribution in [0.4, 0.5) is 0 Å². The van der Waals surface area contributed by atoms with E-state index >= 15 is 0 Å². The van der Waals surface area contributed by atoms with Gasteiger partial charge in [0.2, 0.25) is 11.8 Å². The Kier molecular flexibility index (Phi) is 11.6. The molecule has 2 atom stereocenters. The van der Waals surface area contributed by atoms with Gasteiger partial charge in [-0.25, -0.2) is 9.97 Å². The molecule has 0 aromatic carbocycles. The normalized spacial score (nSPS) is 22.8. The highest BCUT2D eigenvalue weighted by molar-refractivity contribution is 5.92. The summed E-state index contributed by atoms with van der Waals surface area (Å²) in [4.78, 5) is 45.8. The van der Waals surface area contributed by atoms with Gasteiger partial charge >= 0.3 is 11.9 Å². The van der Waals surface area contributed by atoms with Crippen molar-refractivity contribution in [2.45, 2.75) is 182 Å². The second-order valence-electron chi connectivity index (χ2n) is 20.8. The molecule has 0 amide bonds. The van der Waals surface area contributed by atoms with E-state index in [-0.39, 0.29) is 46.8 Å². The van der Waals surface area contributed by atoms with Crippen molar-refractivity contribution in [1.29, 1.82) is 0 Å². The van der Waals surface area contributed by atoms with Gasteiger partial charge in [-0.3, -0.25) is 14.4 Å². The zero-order chi connectivity index (χ0) is 40.8. The average Bonchev–Trinajstić information content (AvgIpc) is 2.96. The van der Waals surface area contributed by atoms with E-state index in [0.717, 1.165) is 40.8 Å². The van der Waals surface area contributed by atoms with Crippen LogP contribution in [0.5, 0.6) is 11.8 Å². The van der Waals surface area contributed by atoms with Gasteiger partial charge in [-0.2, -0.15) is 0 Å². The first kappa shape index (κ1) is 42.1.